The van der Waals surface area contributed by atoms with Gasteiger partial charge in [0.25, 0.3) is 0 Å². The van der Waals surface area contributed by atoms with E-state index in [1.54, 1.807) is 0 Å². The van der Waals surface area contributed by atoms with Crippen LogP contribution in [0.1, 0.15) is 72.1 Å². The van der Waals surface area contributed by atoms with Gasteiger partial charge in [-0.25, -0.2) is 4.39 Å². The Hall–Kier alpha value is -0.710. The molecule has 0 spiro atoms. The van der Waals surface area contributed by atoms with Crippen molar-refractivity contribution in [2.75, 3.05) is 0 Å². The van der Waals surface area contributed by atoms with E-state index in [-0.39, 0.29) is 32.4 Å². The SMILES string of the molecule is CC(C)(C)C(=O)CCCCCCCC/C(F)=C/[I+]c1ccccc1. The minimum Gasteiger partial charge on any atom is -0.299 e. The average Bonchev–Trinajstić information content (AvgIpc) is 2.55. The molecular weight excluding hydrogens is 414 g/mol. The lowest BCUT2D eigenvalue weighted by molar-refractivity contribution is -0.558. The van der Waals surface area contributed by atoms with Crippen LogP contribution in [0.3, 0.4) is 0 Å². The molecule has 1 aromatic carbocycles. The number of hydrogen-bond acceptors (Lipinski definition) is 1. The number of Topliss-reactive ketones (excluding diaryl/α,β-unsaturated/α-hetero) is 1. The summed E-state index contributed by atoms with van der Waals surface area (Å²) in [4.78, 5) is 11.8. The summed E-state index contributed by atoms with van der Waals surface area (Å²) in [6, 6.07) is 10.2. The van der Waals surface area contributed by atoms with Gasteiger partial charge >= 0.3 is 21.2 Å². The average molecular weight is 445 g/mol. The third-order valence-corrected chi connectivity index (χ3v) is 6.36. The van der Waals surface area contributed by atoms with Gasteiger partial charge in [-0.1, -0.05) is 64.7 Å². The van der Waals surface area contributed by atoms with Gasteiger partial charge < -0.3 is 0 Å². The summed E-state index contributed by atoms with van der Waals surface area (Å²) in [7, 11) is 0. The summed E-state index contributed by atoms with van der Waals surface area (Å²) in [5, 5.41) is 0. The summed E-state index contributed by atoms with van der Waals surface area (Å²) < 4.78 is 16.8. The Morgan fingerprint density at radius 3 is 2.08 bits per heavy atom. The fourth-order valence-corrected chi connectivity index (χ4v) is 4.17. The fourth-order valence-electron chi connectivity index (χ4n) is 2.33. The highest BCUT2D eigenvalue weighted by Crippen LogP contribution is 2.19. The maximum Gasteiger partial charge on any atom is 0.352 e. The largest absolute Gasteiger partial charge is 0.352 e. The molecule has 134 valence electrons. The summed E-state index contributed by atoms with van der Waals surface area (Å²) in [6.45, 7) is 5.95. The highest BCUT2D eigenvalue weighted by molar-refractivity contribution is 5.83. The predicted octanol–water partition coefficient (Wildman–Crippen LogP) is 3.49. The van der Waals surface area contributed by atoms with Crippen molar-refractivity contribution in [3.8, 4) is 0 Å². The first kappa shape index (κ1) is 21.3. The minimum atomic E-state index is -0.333. The molecule has 0 atom stereocenters. The van der Waals surface area contributed by atoms with Crippen molar-refractivity contribution < 1.29 is 30.4 Å². The Balaban J connectivity index is 2.01. The summed E-state index contributed by atoms with van der Waals surface area (Å²) in [5.41, 5.74) is -0.202. The normalized spacial score (nSPS) is 12.4. The summed E-state index contributed by atoms with van der Waals surface area (Å²) in [5.74, 6) is 0.416. The van der Waals surface area contributed by atoms with Crippen LogP contribution in [-0.2, 0) is 4.79 Å². The Kier molecular flexibility index (Phi) is 10.5. The first-order chi connectivity index (χ1) is 11.4. The van der Waals surface area contributed by atoms with Crippen molar-refractivity contribution in [2.24, 2.45) is 5.41 Å². The van der Waals surface area contributed by atoms with E-state index in [9.17, 15) is 9.18 Å². The van der Waals surface area contributed by atoms with Crippen LogP contribution < -0.4 is 21.2 Å². The maximum atomic E-state index is 13.8. The summed E-state index contributed by atoms with van der Waals surface area (Å²) >= 11 is -0.333. The fraction of sp³-hybridized carbons (Fsp3) is 0.571. The highest BCUT2D eigenvalue weighted by atomic mass is 127. The van der Waals surface area contributed by atoms with Gasteiger partial charge in [-0.2, -0.15) is 0 Å². The molecule has 3 heteroatoms. The van der Waals surface area contributed by atoms with E-state index in [1.165, 1.54) is 3.57 Å². The van der Waals surface area contributed by atoms with Crippen molar-refractivity contribution in [3.05, 3.63) is 43.8 Å². The third kappa shape index (κ3) is 10.2. The van der Waals surface area contributed by atoms with Crippen LogP contribution in [0.2, 0.25) is 0 Å². The number of benzene rings is 1. The molecule has 0 saturated heterocycles. The molecule has 0 N–H and O–H groups in total. The first-order valence-corrected chi connectivity index (χ1v) is 11.3. The molecule has 0 aliphatic heterocycles. The maximum absolute atomic E-state index is 13.8. The van der Waals surface area contributed by atoms with E-state index in [1.807, 2.05) is 43.1 Å². The van der Waals surface area contributed by atoms with Gasteiger partial charge in [0.05, 0.1) is 0 Å². The highest BCUT2D eigenvalue weighted by Gasteiger charge is 2.19. The Morgan fingerprint density at radius 1 is 0.958 bits per heavy atom. The molecule has 1 rings (SSSR count). The molecule has 0 unspecified atom stereocenters. The molecule has 0 amide bonds. The molecule has 0 aliphatic carbocycles. The number of halogens is 2. The van der Waals surface area contributed by atoms with Crippen LogP contribution in [0.15, 0.2) is 40.2 Å². The Labute approximate surface area is 157 Å². The van der Waals surface area contributed by atoms with E-state index in [0.29, 0.717) is 18.6 Å². The van der Waals surface area contributed by atoms with Crippen molar-refractivity contribution in [3.63, 3.8) is 0 Å². The molecule has 0 saturated carbocycles. The van der Waals surface area contributed by atoms with Crippen LogP contribution in [0.5, 0.6) is 0 Å². The van der Waals surface area contributed by atoms with Crippen LogP contribution >= 0.6 is 0 Å². The number of hydrogen-bond donors (Lipinski definition) is 0. The number of ketones is 1. The van der Waals surface area contributed by atoms with Crippen LogP contribution in [0, 0.1) is 8.99 Å². The van der Waals surface area contributed by atoms with E-state index in [0.717, 1.165) is 38.5 Å². The van der Waals surface area contributed by atoms with E-state index in [4.69, 9.17) is 0 Å². The Morgan fingerprint density at radius 2 is 1.50 bits per heavy atom. The lowest BCUT2D eigenvalue weighted by Gasteiger charge is -2.16. The van der Waals surface area contributed by atoms with E-state index in [2.05, 4.69) is 12.1 Å². The molecule has 0 aliphatic rings. The third-order valence-electron chi connectivity index (χ3n) is 3.94. The van der Waals surface area contributed by atoms with Crippen molar-refractivity contribution in [2.45, 2.75) is 72.1 Å². The lowest BCUT2D eigenvalue weighted by Crippen LogP contribution is -3.59. The molecule has 0 fully saturated rings. The van der Waals surface area contributed by atoms with Crippen molar-refractivity contribution in [1.82, 2.24) is 0 Å². The number of allylic oxidation sites excluding steroid dienone is 1. The lowest BCUT2D eigenvalue weighted by atomic mass is 9.88. The molecule has 0 radical (unpaired) electrons. The van der Waals surface area contributed by atoms with Gasteiger partial charge in [-0.15, -0.1) is 0 Å². The summed E-state index contributed by atoms with van der Waals surface area (Å²) in [6.07, 6.45) is 7.69. The van der Waals surface area contributed by atoms with E-state index < -0.39 is 0 Å². The van der Waals surface area contributed by atoms with Gasteiger partial charge in [0.1, 0.15) is 11.6 Å². The number of carbonyl (C=O) groups excluding carboxylic acids is 1. The van der Waals surface area contributed by atoms with Gasteiger partial charge in [0.15, 0.2) is 7.65 Å². The quantitative estimate of drug-likeness (QED) is 0.377. The second-order valence-corrected chi connectivity index (χ2v) is 9.75. The number of unbranched alkanes of at least 4 members (excludes halogenated alkanes) is 5. The zero-order chi connectivity index (χ0) is 17.8. The van der Waals surface area contributed by atoms with Crippen LogP contribution in [-0.4, -0.2) is 5.78 Å². The Bertz CT molecular complexity index is 502. The van der Waals surface area contributed by atoms with Gasteiger partial charge in [0, 0.05) is 18.3 Å². The second kappa shape index (κ2) is 11.8. The van der Waals surface area contributed by atoms with Gasteiger partial charge in [0.2, 0.25) is 0 Å². The first-order valence-electron chi connectivity index (χ1n) is 8.96. The van der Waals surface area contributed by atoms with Gasteiger partial charge in [-0.05, 0) is 25.0 Å². The molecule has 0 aromatic heterocycles. The van der Waals surface area contributed by atoms with Crippen molar-refractivity contribution >= 4 is 5.78 Å². The molecule has 1 aromatic rings. The smallest absolute Gasteiger partial charge is 0.299 e. The monoisotopic (exact) mass is 445 g/mol. The van der Waals surface area contributed by atoms with Crippen molar-refractivity contribution in [1.29, 1.82) is 0 Å². The standard InChI is InChI=1S/C21H31FIO/c1-21(2,3)20(24)16-12-7-5-4-6-9-13-18(22)17-23-19-14-10-8-11-15-19/h8,10-11,14-15,17H,4-7,9,12-13,16H2,1-3H3/q+1/b18-17-. The second-order valence-electron chi connectivity index (χ2n) is 7.26. The molecule has 1 nitrogen and oxygen atoms in total. The predicted molar refractivity (Wildman–Crippen MR) is 95.7 cm³/mol. The molecular formula is C21H31FIO+. The zero-order valence-electron chi connectivity index (χ0n) is 15.3. The topological polar surface area (TPSA) is 17.1 Å². The molecule has 0 bridgehead atoms. The zero-order valence-corrected chi connectivity index (χ0v) is 17.4. The van der Waals surface area contributed by atoms with Crippen LogP contribution in [0.25, 0.3) is 0 Å². The minimum absolute atomic E-state index is 0.0578. The van der Waals surface area contributed by atoms with E-state index >= 15 is 0 Å². The molecule has 24 heavy (non-hydrogen) atoms. The number of rotatable bonds is 11. The van der Waals surface area contributed by atoms with Gasteiger partial charge in [-0.3, -0.25) is 4.79 Å². The van der Waals surface area contributed by atoms with Crippen LogP contribution in [0.4, 0.5) is 4.39 Å². The molecule has 0 heterocycles. The number of carbonyl (C=O) groups is 1.